The number of anilines is 1. The van der Waals surface area contributed by atoms with Crippen LogP contribution in [0.3, 0.4) is 0 Å². The van der Waals surface area contributed by atoms with Gasteiger partial charge in [-0.3, -0.25) is 0 Å². The molecule has 49 heavy (non-hydrogen) atoms. The number of nitrogens with one attached hydrogen (secondary N) is 2. The lowest BCUT2D eigenvalue weighted by Gasteiger charge is -2.37. The van der Waals surface area contributed by atoms with Crippen LogP contribution in [0.15, 0.2) is 115 Å². The number of pyridine rings is 1. The van der Waals surface area contributed by atoms with Crippen LogP contribution >= 0.6 is 0 Å². The van der Waals surface area contributed by atoms with E-state index in [4.69, 9.17) is 19.8 Å². The summed E-state index contributed by atoms with van der Waals surface area (Å²) in [4.78, 5) is 21.7. The molecule has 252 valence electrons. The maximum Gasteiger partial charge on any atom is 0.404 e. The van der Waals surface area contributed by atoms with Crippen molar-refractivity contribution < 1.29 is 14.6 Å². The van der Waals surface area contributed by atoms with Crippen LogP contribution in [0.2, 0.25) is 0 Å². The lowest BCUT2D eigenvalue weighted by atomic mass is 9.77. The second-order valence-electron chi connectivity index (χ2n) is 13.1. The zero-order valence-corrected chi connectivity index (χ0v) is 28.5. The first kappa shape index (κ1) is 33.7. The predicted octanol–water partition coefficient (Wildman–Crippen LogP) is 8.78. The Morgan fingerprint density at radius 3 is 1.94 bits per heavy atom. The molecular weight excluding hydrogens is 610 g/mol. The van der Waals surface area contributed by atoms with Gasteiger partial charge in [0, 0.05) is 18.4 Å². The number of hydrogen-bond acceptors (Lipinski definition) is 5. The molecule has 0 radical (unpaired) electrons. The van der Waals surface area contributed by atoms with Crippen molar-refractivity contribution in [2.75, 3.05) is 18.5 Å². The molecule has 4 aromatic carbocycles. The molecule has 0 atom stereocenters. The van der Waals surface area contributed by atoms with Crippen LogP contribution in [0.25, 0.3) is 21.9 Å². The molecule has 8 heteroatoms. The highest BCUT2D eigenvalue weighted by Crippen LogP contribution is 2.42. The van der Waals surface area contributed by atoms with E-state index in [1.807, 2.05) is 44.2 Å². The van der Waals surface area contributed by atoms with Crippen molar-refractivity contribution in [1.29, 1.82) is 0 Å². The van der Waals surface area contributed by atoms with Crippen LogP contribution in [0, 0.1) is 0 Å². The lowest BCUT2D eigenvalue weighted by Crippen LogP contribution is -2.38. The third-order valence-electron chi connectivity index (χ3n) is 9.00. The zero-order valence-electron chi connectivity index (χ0n) is 28.5. The fraction of sp³-hybridized carbons (Fsp3) is 0.293. The number of carboxylic acid groups (broad SMARTS) is 1. The summed E-state index contributed by atoms with van der Waals surface area (Å²) < 4.78 is 8.58. The molecule has 6 aromatic rings. The van der Waals surface area contributed by atoms with Crippen LogP contribution in [0.4, 0.5) is 10.6 Å². The van der Waals surface area contributed by atoms with E-state index in [-0.39, 0.29) is 13.2 Å². The summed E-state index contributed by atoms with van der Waals surface area (Å²) >= 11 is 0. The summed E-state index contributed by atoms with van der Waals surface area (Å²) in [6.45, 7) is 7.31. The Morgan fingerprint density at radius 1 is 0.796 bits per heavy atom. The molecule has 2 heterocycles. The molecule has 0 bridgehead atoms. The van der Waals surface area contributed by atoms with E-state index in [2.05, 4.69) is 107 Å². The molecule has 3 N–H and O–H groups in total. The van der Waals surface area contributed by atoms with E-state index >= 15 is 0 Å². The molecular formula is C41H45N5O3. The van der Waals surface area contributed by atoms with Crippen molar-refractivity contribution in [3.05, 3.63) is 138 Å². The Kier molecular flexibility index (Phi) is 10.3. The first-order chi connectivity index (χ1) is 23.8. The van der Waals surface area contributed by atoms with E-state index in [0.717, 1.165) is 70.1 Å². The lowest BCUT2D eigenvalue weighted by molar-refractivity contribution is -0.0270. The fourth-order valence-electron chi connectivity index (χ4n) is 6.73. The van der Waals surface area contributed by atoms with Gasteiger partial charge in [0.15, 0.2) is 5.82 Å². The number of aromatic nitrogens is 3. The van der Waals surface area contributed by atoms with Gasteiger partial charge in [0.25, 0.3) is 0 Å². The predicted molar refractivity (Wildman–Crippen MR) is 197 cm³/mol. The summed E-state index contributed by atoms with van der Waals surface area (Å²) in [5.41, 5.74) is 4.55. The molecule has 0 saturated carbocycles. The molecule has 0 aliphatic heterocycles. The van der Waals surface area contributed by atoms with E-state index in [1.54, 1.807) is 0 Å². The number of imidazole rings is 1. The molecule has 0 saturated heterocycles. The Balaban J connectivity index is 1.57. The van der Waals surface area contributed by atoms with Crippen molar-refractivity contribution in [3.8, 4) is 0 Å². The number of aryl methyl sites for hydroxylation is 1. The highest BCUT2D eigenvalue weighted by Gasteiger charge is 2.38. The number of amides is 1. The number of fused-ring (bicyclic) bond motifs is 3. The number of rotatable bonds is 15. The molecule has 8 nitrogen and oxygen atoms in total. The average Bonchev–Trinajstić information content (AvgIpc) is 3.47. The molecule has 6 rings (SSSR count). The van der Waals surface area contributed by atoms with Gasteiger partial charge in [-0.15, -0.1) is 0 Å². The van der Waals surface area contributed by atoms with Crippen LogP contribution in [0.5, 0.6) is 0 Å². The summed E-state index contributed by atoms with van der Waals surface area (Å²) in [5, 5.41) is 16.5. The van der Waals surface area contributed by atoms with Gasteiger partial charge >= 0.3 is 6.09 Å². The smallest absolute Gasteiger partial charge is 0.404 e. The largest absolute Gasteiger partial charge is 0.465 e. The van der Waals surface area contributed by atoms with Gasteiger partial charge in [-0.2, -0.15) is 0 Å². The molecule has 1 amide bonds. The van der Waals surface area contributed by atoms with Gasteiger partial charge in [-0.1, -0.05) is 129 Å². The number of unbranched alkanes of at least 4 members (excludes halogenated alkanes) is 2. The van der Waals surface area contributed by atoms with Crippen molar-refractivity contribution in [2.24, 2.45) is 0 Å². The summed E-state index contributed by atoms with van der Waals surface area (Å²) in [5.74, 6) is 1.68. The first-order valence-electron chi connectivity index (χ1n) is 17.2. The number of ether oxygens (including phenoxy) is 1. The minimum Gasteiger partial charge on any atom is -0.465 e. The topological polar surface area (TPSA) is 101 Å². The Labute approximate surface area is 288 Å². The second kappa shape index (κ2) is 14.9. The Hall–Kier alpha value is -5.21. The summed E-state index contributed by atoms with van der Waals surface area (Å²) in [7, 11) is 0. The van der Waals surface area contributed by atoms with Crippen LogP contribution in [0.1, 0.15) is 62.5 Å². The zero-order chi connectivity index (χ0) is 34.3. The maximum atomic E-state index is 11.0. The van der Waals surface area contributed by atoms with Crippen LogP contribution < -0.4 is 10.6 Å². The number of nitrogens with zero attached hydrogens (tertiary/aromatic N) is 3. The summed E-state index contributed by atoms with van der Waals surface area (Å²) in [6, 6.07) is 39.8. The average molecular weight is 656 g/mol. The Bertz CT molecular complexity index is 1900. The number of carbonyl (C=O) groups is 1. The van der Waals surface area contributed by atoms with Gasteiger partial charge in [-0.05, 0) is 43.0 Å². The van der Waals surface area contributed by atoms with Gasteiger partial charge in [0.1, 0.15) is 16.9 Å². The van der Waals surface area contributed by atoms with E-state index in [0.29, 0.717) is 12.4 Å². The first-order valence-corrected chi connectivity index (χ1v) is 17.2. The van der Waals surface area contributed by atoms with E-state index in [9.17, 15) is 4.79 Å². The molecule has 0 aliphatic rings. The van der Waals surface area contributed by atoms with Crippen LogP contribution in [-0.4, -0.2) is 44.5 Å². The minimum atomic E-state index is -1.06. The van der Waals surface area contributed by atoms with E-state index in [1.165, 1.54) is 0 Å². The van der Waals surface area contributed by atoms with Gasteiger partial charge in [-0.25, -0.2) is 14.8 Å². The molecule has 0 fully saturated rings. The van der Waals surface area contributed by atoms with Crippen molar-refractivity contribution in [3.63, 3.8) is 0 Å². The van der Waals surface area contributed by atoms with Gasteiger partial charge in [0.05, 0.1) is 29.8 Å². The second-order valence-corrected chi connectivity index (χ2v) is 13.1. The van der Waals surface area contributed by atoms with Crippen molar-refractivity contribution in [2.45, 2.75) is 64.1 Å². The number of benzene rings is 4. The standard InChI is InChI=1S/C41H45N5O3/c1-4-5-9-26-35-44-36-37(46(35)29-40(2,3)49-28-27-42-39(47)48)33-24-16-17-25-34(33)43-38(36)45-41(30-18-10-6-11-19-30,31-20-12-7-13-21-31)32-22-14-8-15-23-32/h6-8,10-25,42H,4-5,9,26-29H2,1-3H3,(H,43,45)(H,47,48). The number of hydrogen-bond donors (Lipinski definition) is 3. The van der Waals surface area contributed by atoms with Gasteiger partial charge in [0.2, 0.25) is 0 Å². The van der Waals surface area contributed by atoms with E-state index < -0.39 is 17.2 Å². The SMILES string of the molecule is CCCCCc1nc2c(NC(c3ccccc3)(c3ccccc3)c3ccccc3)nc3ccccc3c2n1CC(C)(C)OCCNC(=O)O. The van der Waals surface area contributed by atoms with Gasteiger partial charge < -0.3 is 25.0 Å². The molecule has 2 aromatic heterocycles. The number of para-hydroxylation sites is 1. The molecule has 0 spiro atoms. The molecule has 0 aliphatic carbocycles. The minimum absolute atomic E-state index is 0.217. The fourth-order valence-corrected chi connectivity index (χ4v) is 6.73. The highest BCUT2D eigenvalue weighted by atomic mass is 16.5. The monoisotopic (exact) mass is 655 g/mol. The third kappa shape index (κ3) is 7.29. The summed E-state index contributed by atoms with van der Waals surface area (Å²) in [6.07, 6.45) is 2.98. The normalized spacial score (nSPS) is 12.0. The Morgan fingerprint density at radius 2 is 1.37 bits per heavy atom. The third-order valence-corrected chi connectivity index (χ3v) is 9.00. The van der Waals surface area contributed by atoms with Crippen molar-refractivity contribution in [1.82, 2.24) is 19.9 Å². The quantitative estimate of drug-likeness (QED) is 0.0755. The maximum absolute atomic E-state index is 11.0. The molecule has 0 unspecified atom stereocenters. The highest BCUT2D eigenvalue weighted by molar-refractivity contribution is 6.07. The van der Waals surface area contributed by atoms with Crippen molar-refractivity contribution >= 4 is 33.8 Å². The van der Waals surface area contributed by atoms with Crippen LogP contribution in [-0.2, 0) is 23.2 Å².